The molecule has 1 aliphatic rings. The summed E-state index contributed by atoms with van der Waals surface area (Å²) in [7, 11) is 0. The lowest BCUT2D eigenvalue weighted by molar-refractivity contribution is -0.126. The van der Waals surface area contributed by atoms with Crippen molar-refractivity contribution < 1.29 is 18.4 Å². The fraction of sp³-hybridized carbons (Fsp3) is 0.429. The van der Waals surface area contributed by atoms with Crippen LogP contribution in [0.15, 0.2) is 47.1 Å². The number of rotatable bonds is 6. The number of benzene rings is 1. The predicted molar refractivity (Wildman–Crippen MR) is 103 cm³/mol. The second-order valence-corrected chi connectivity index (χ2v) is 7.20. The number of carbonyl (C=O) groups is 2. The second kappa shape index (κ2) is 9.39. The average Bonchev–Trinajstić information content (AvgIpc) is 3.21. The lowest BCUT2D eigenvalue weighted by Crippen LogP contribution is -2.49. The van der Waals surface area contributed by atoms with Gasteiger partial charge in [0.15, 0.2) is 0 Å². The maximum absolute atomic E-state index is 13.7. The van der Waals surface area contributed by atoms with Crippen LogP contribution in [0.1, 0.15) is 31.1 Å². The molecule has 1 saturated heterocycles. The van der Waals surface area contributed by atoms with E-state index in [1.54, 1.807) is 35.4 Å². The number of urea groups is 1. The van der Waals surface area contributed by atoms with E-state index in [4.69, 9.17) is 4.42 Å². The first kappa shape index (κ1) is 19.9. The predicted octanol–water partition coefficient (Wildman–Crippen LogP) is 3.09. The summed E-state index contributed by atoms with van der Waals surface area (Å²) in [5.41, 5.74) is 0.585. The molecule has 2 heterocycles. The van der Waals surface area contributed by atoms with E-state index in [0.29, 0.717) is 50.2 Å². The maximum atomic E-state index is 13.7. The van der Waals surface area contributed by atoms with Gasteiger partial charge in [0, 0.05) is 25.0 Å². The van der Waals surface area contributed by atoms with E-state index in [2.05, 4.69) is 10.6 Å². The van der Waals surface area contributed by atoms with Gasteiger partial charge in [0.2, 0.25) is 5.91 Å². The van der Waals surface area contributed by atoms with Gasteiger partial charge in [-0.15, -0.1) is 0 Å². The zero-order valence-corrected chi connectivity index (χ0v) is 16.0. The van der Waals surface area contributed by atoms with E-state index in [1.807, 2.05) is 13.0 Å². The first-order valence-corrected chi connectivity index (χ1v) is 9.62. The molecule has 28 heavy (non-hydrogen) atoms. The SMILES string of the molecule is CC(Cc1ccccc1F)NC(=O)N1CCC(C(=O)NCc2ccco2)CC1. The molecular weight excluding hydrogens is 361 g/mol. The van der Waals surface area contributed by atoms with Gasteiger partial charge in [0.05, 0.1) is 12.8 Å². The molecule has 1 unspecified atom stereocenters. The highest BCUT2D eigenvalue weighted by Gasteiger charge is 2.27. The summed E-state index contributed by atoms with van der Waals surface area (Å²) in [6.07, 6.45) is 3.26. The number of nitrogens with one attached hydrogen (secondary N) is 2. The Morgan fingerprint density at radius 1 is 1.21 bits per heavy atom. The number of furan rings is 1. The summed E-state index contributed by atoms with van der Waals surface area (Å²) >= 11 is 0. The fourth-order valence-corrected chi connectivity index (χ4v) is 3.42. The third-order valence-corrected chi connectivity index (χ3v) is 5.02. The monoisotopic (exact) mass is 387 g/mol. The van der Waals surface area contributed by atoms with Crippen molar-refractivity contribution in [1.29, 1.82) is 0 Å². The second-order valence-electron chi connectivity index (χ2n) is 7.20. The molecule has 1 atom stereocenters. The van der Waals surface area contributed by atoms with Crippen LogP contribution in [-0.4, -0.2) is 36.0 Å². The third-order valence-electron chi connectivity index (χ3n) is 5.02. The molecular formula is C21H26FN3O3. The number of carbonyl (C=O) groups excluding carboxylic acids is 2. The Labute approximate surface area is 164 Å². The summed E-state index contributed by atoms with van der Waals surface area (Å²) in [4.78, 5) is 26.4. The van der Waals surface area contributed by atoms with Crippen LogP contribution in [0.25, 0.3) is 0 Å². The van der Waals surface area contributed by atoms with Gasteiger partial charge in [0.1, 0.15) is 11.6 Å². The standard InChI is InChI=1S/C21H26FN3O3/c1-15(13-17-5-2-3-7-19(17)22)24-21(27)25-10-8-16(9-11-25)20(26)23-14-18-6-4-12-28-18/h2-7,12,15-16H,8-11,13-14H2,1H3,(H,23,26)(H,24,27). The van der Waals surface area contributed by atoms with E-state index in [9.17, 15) is 14.0 Å². The Balaban J connectivity index is 1.40. The van der Waals surface area contributed by atoms with E-state index < -0.39 is 0 Å². The van der Waals surface area contributed by atoms with Crippen molar-refractivity contribution in [2.75, 3.05) is 13.1 Å². The van der Waals surface area contributed by atoms with Gasteiger partial charge >= 0.3 is 6.03 Å². The van der Waals surface area contributed by atoms with Gasteiger partial charge in [0.25, 0.3) is 0 Å². The molecule has 6 nitrogen and oxygen atoms in total. The van der Waals surface area contributed by atoms with Crippen LogP contribution in [0.2, 0.25) is 0 Å². The summed E-state index contributed by atoms with van der Waals surface area (Å²) in [5.74, 6) is 0.346. The Bertz CT molecular complexity index is 786. The summed E-state index contributed by atoms with van der Waals surface area (Å²) in [6, 6.07) is 9.83. The van der Waals surface area contributed by atoms with Crippen LogP contribution < -0.4 is 10.6 Å². The van der Waals surface area contributed by atoms with Gasteiger partial charge in [-0.1, -0.05) is 18.2 Å². The lowest BCUT2D eigenvalue weighted by Gasteiger charge is -2.32. The number of amides is 3. The largest absolute Gasteiger partial charge is 0.467 e. The zero-order chi connectivity index (χ0) is 19.9. The van der Waals surface area contributed by atoms with Gasteiger partial charge in [-0.3, -0.25) is 4.79 Å². The number of piperidine rings is 1. The van der Waals surface area contributed by atoms with E-state index in [1.165, 1.54) is 6.07 Å². The van der Waals surface area contributed by atoms with Crippen molar-refractivity contribution in [2.45, 2.75) is 38.8 Å². The number of likely N-dealkylation sites (tertiary alicyclic amines) is 1. The Hall–Kier alpha value is -2.83. The Morgan fingerprint density at radius 2 is 1.96 bits per heavy atom. The molecule has 3 amide bonds. The molecule has 7 heteroatoms. The molecule has 2 N–H and O–H groups in total. The normalized spacial score (nSPS) is 15.9. The fourth-order valence-electron chi connectivity index (χ4n) is 3.42. The summed E-state index contributed by atoms with van der Waals surface area (Å²) in [5, 5.41) is 5.80. The van der Waals surface area contributed by atoms with Crippen LogP contribution in [0.4, 0.5) is 9.18 Å². The molecule has 0 aliphatic carbocycles. The smallest absolute Gasteiger partial charge is 0.317 e. The van der Waals surface area contributed by atoms with Crippen molar-refractivity contribution in [3.05, 3.63) is 59.8 Å². The zero-order valence-electron chi connectivity index (χ0n) is 16.0. The molecule has 0 bridgehead atoms. The number of nitrogens with zero attached hydrogens (tertiary/aromatic N) is 1. The molecule has 3 rings (SSSR count). The lowest BCUT2D eigenvalue weighted by atomic mass is 9.96. The third kappa shape index (κ3) is 5.34. The van der Waals surface area contributed by atoms with Crippen molar-refractivity contribution in [2.24, 2.45) is 5.92 Å². The van der Waals surface area contributed by atoms with Crippen LogP contribution in [0.3, 0.4) is 0 Å². The molecule has 1 aromatic heterocycles. The molecule has 1 aromatic carbocycles. The van der Waals surface area contributed by atoms with E-state index >= 15 is 0 Å². The van der Waals surface area contributed by atoms with Crippen LogP contribution >= 0.6 is 0 Å². The average molecular weight is 387 g/mol. The van der Waals surface area contributed by atoms with E-state index in [-0.39, 0.29) is 29.7 Å². The highest BCUT2D eigenvalue weighted by Crippen LogP contribution is 2.18. The molecule has 0 spiro atoms. The van der Waals surface area contributed by atoms with Gasteiger partial charge in [-0.05, 0) is 49.9 Å². The number of hydrogen-bond acceptors (Lipinski definition) is 3. The molecule has 1 fully saturated rings. The van der Waals surface area contributed by atoms with Crippen molar-refractivity contribution in [1.82, 2.24) is 15.5 Å². The summed E-state index contributed by atoms with van der Waals surface area (Å²) < 4.78 is 19.0. The minimum atomic E-state index is -0.259. The first-order chi connectivity index (χ1) is 13.5. The van der Waals surface area contributed by atoms with Crippen LogP contribution in [-0.2, 0) is 17.8 Å². The van der Waals surface area contributed by atoms with Crippen molar-refractivity contribution >= 4 is 11.9 Å². The van der Waals surface area contributed by atoms with Crippen LogP contribution in [0.5, 0.6) is 0 Å². The highest BCUT2D eigenvalue weighted by molar-refractivity contribution is 5.79. The molecule has 0 saturated carbocycles. The van der Waals surface area contributed by atoms with Gasteiger partial charge < -0.3 is 20.0 Å². The molecule has 0 radical (unpaired) electrons. The van der Waals surface area contributed by atoms with Crippen LogP contribution in [0, 0.1) is 11.7 Å². The van der Waals surface area contributed by atoms with E-state index in [0.717, 1.165) is 0 Å². The van der Waals surface area contributed by atoms with Crippen molar-refractivity contribution in [3.63, 3.8) is 0 Å². The minimum Gasteiger partial charge on any atom is -0.467 e. The molecule has 2 aromatic rings. The van der Waals surface area contributed by atoms with Crippen molar-refractivity contribution in [3.8, 4) is 0 Å². The molecule has 150 valence electrons. The number of hydrogen-bond donors (Lipinski definition) is 2. The molecule has 1 aliphatic heterocycles. The topological polar surface area (TPSA) is 74.6 Å². The van der Waals surface area contributed by atoms with Gasteiger partial charge in [-0.2, -0.15) is 0 Å². The number of halogens is 1. The van der Waals surface area contributed by atoms with Gasteiger partial charge in [-0.25, -0.2) is 9.18 Å². The quantitative estimate of drug-likeness (QED) is 0.800. The first-order valence-electron chi connectivity index (χ1n) is 9.62. The highest BCUT2D eigenvalue weighted by atomic mass is 19.1. The Kier molecular flexibility index (Phi) is 6.68. The minimum absolute atomic E-state index is 0.00983. The Morgan fingerprint density at radius 3 is 2.64 bits per heavy atom. The summed E-state index contributed by atoms with van der Waals surface area (Å²) in [6.45, 7) is 3.29. The maximum Gasteiger partial charge on any atom is 0.317 e.